The molecular formula is C28H27NO3. The first-order valence-electron chi connectivity index (χ1n) is 10.8. The molecule has 1 atom stereocenters. The van der Waals surface area contributed by atoms with E-state index in [0.29, 0.717) is 13.0 Å². The largest absolute Gasteiger partial charge is 0.491 e. The minimum absolute atomic E-state index is 0.266. The second kappa shape index (κ2) is 11.1. The number of pyridine rings is 1. The van der Waals surface area contributed by atoms with Crippen LogP contribution >= 0.6 is 0 Å². The maximum absolute atomic E-state index is 10.2. The minimum Gasteiger partial charge on any atom is -0.491 e. The van der Waals surface area contributed by atoms with E-state index in [-0.39, 0.29) is 6.61 Å². The predicted molar refractivity (Wildman–Crippen MR) is 127 cm³/mol. The van der Waals surface area contributed by atoms with E-state index >= 15 is 0 Å². The van der Waals surface area contributed by atoms with Crippen molar-refractivity contribution in [1.82, 2.24) is 4.98 Å². The van der Waals surface area contributed by atoms with Gasteiger partial charge in [0.1, 0.15) is 24.7 Å². The molecule has 1 unspecified atom stereocenters. The van der Waals surface area contributed by atoms with Gasteiger partial charge in [-0.2, -0.15) is 0 Å². The highest BCUT2D eigenvalue weighted by Crippen LogP contribution is 2.26. The van der Waals surface area contributed by atoms with Gasteiger partial charge in [-0.15, -0.1) is 0 Å². The maximum atomic E-state index is 10.2. The average molecular weight is 426 g/mol. The van der Waals surface area contributed by atoms with Gasteiger partial charge in [0.2, 0.25) is 0 Å². The Bertz CT molecular complexity index is 1080. The lowest BCUT2D eigenvalue weighted by molar-refractivity contribution is 0.100. The number of hydrogen-bond acceptors (Lipinski definition) is 4. The Morgan fingerprint density at radius 3 is 2.31 bits per heavy atom. The fraction of sp³-hybridized carbons (Fsp3) is 0.179. The van der Waals surface area contributed by atoms with Crippen molar-refractivity contribution in [3.05, 3.63) is 115 Å². The third-order valence-corrected chi connectivity index (χ3v) is 5.20. The molecule has 0 saturated carbocycles. The lowest BCUT2D eigenvalue weighted by Gasteiger charge is -2.13. The number of aromatic nitrogens is 1. The lowest BCUT2D eigenvalue weighted by Crippen LogP contribution is -2.18. The van der Waals surface area contributed by atoms with Crippen molar-refractivity contribution >= 4 is 0 Å². The normalized spacial score (nSPS) is 11.7. The molecule has 32 heavy (non-hydrogen) atoms. The summed E-state index contributed by atoms with van der Waals surface area (Å²) >= 11 is 0. The molecule has 0 saturated heterocycles. The van der Waals surface area contributed by atoms with Gasteiger partial charge in [-0.3, -0.25) is 4.98 Å². The molecule has 0 spiro atoms. The highest BCUT2D eigenvalue weighted by Gasteiger charge is 2.07. The zero-order valence-corrected chi connectivity index (χ0v) is 17.9. The molecule has 0 amide bonds. The molecular weight excluding hydrogens is 398 g/mol. The summed E-state index contributed by atoms with van der Waals surface area (Å²) in [4.78, 5) is 4.10. The second-order valence-corrected chi connectivity index (χ2v) is 7.69. The van der Waals surface area contributed by atoms with Gasteiger partial charge >= 0.3 is 0 Å². The number of rotatable bonds is 10. The molecule has 0 bridgehead atoms. The van der Waals surface area contributed by atoms with Gasteiger partial charge in [0.25, 0.3) is 0 Å². The third-order valence-electron chi connectivity index (χ3n) is 5.20. The van der Waals surface area contributed by atoms with Gasteiger partial charge in [-0.1, -0.05) is 60.7 Å². The summed E-state index contributed by atoms with van der Waals surface area (Å²) in [7, 11) is 0. The van der Waals surface area contributed by atoms with Crippen molar-refractivity contribution in [2.24, 2.45) is 0 Å². The fourth-order valence-electron chi connectivity index (χ4n) is 3.40. The van der Waals surface area contributed by atoms with E-state index in [4.69, 9.17) is 9.47 Å². The number of aryl methyl sites for hydroxylation is 1. The molecule has 1 aromatic heterocycles. The minimum atomic E-state index is -0.520. The first-order valence-corrected chi connectivity index (χ1v) is 10.8. The molecule has 4 nitrogen and oxygen atoms in total. The SMILES string of the molecule is OC(CCc1cccnc1)COc1ccc(-c2cccc(OCc3ccccc3)c2)cc1. The number of aliphatic hydroxyl groups is 1. The summed E-state index contributed by atoms with van der Waals surface area (Å²) in [5, 5.41) is 10.2. The first kappa shape index (κ1) is 21.6. The Labute approximate surface area is 189 Å². The predicted octanol–water partition coefficient (Wildman–Crippen LogP) is 5.70. The summed E-state index contributed by atoms with van der Waals surface area (Å²) in [6.07, 6.45) is 4.47. The molecule has 3 aromatic carbocycles. The molecule has 0 aliphatic rings. The third kappa shape index (κ3) is 6.43. The van der Waals surface area contributed by atoms with E-state index in [1.165, 1.54) is 0 Å². The van der Waals surface area contributed by atoms with Gasteiger partial charge in [-0.25, -0.2) is 0 Å². The summed E-state index contributed by atoms with van der Waals surface area (Å²) in [6, 6.07) is 30.0. The molecule has 1 heterocycles. The van der Waals surface area contributed by atoms with Crippen LogP contribution in [0.15, 0.2) is 103 Å². The number of ether oxygens (including phenoxy) is 2. The molecule has 0 aliphatic heterocycles. The van der Waals surface area contributed by atoms with Crippen molar-refractivity contribution in [1.29, 1.82) is 0 Å². The van der Waals surface area contributed by atoms with Crippen molar-refractivity contribution in [2.75, 3.05) is 6.61 Å². The van der Waals surface area contributed by atoms with Crippen LogP contribution in [0, 0.1) is 0 Å². The summed E-state index contributed by atoms with van der Waals surface area (Å²) in [6.45, 7) is 0.808. The number of aliphatic hydroxyl groups excluding tert-OH is 1. The Hall–Kier alpha value is -3.63. The van der Waals surface area contributed by atoms with Crippen LogP contribution in [-0.2, 0) is 13.0 Å². The topological polar surface area (TPSA) is 51.6 Å². The van der Waals surface area contributed by atoms with Crippen LogP contribution < -0.4 is 9.47 Å². The molecule has 0 radical (unpaired) electrons. The maximum Gasteiger partial charge on any atom is 0.120 e. The Morgan fingerprint density at radius 1 is 0.719 bits per heavy atom. The van der Waals surface area contributed by atoms with E-state index in [1.807, 2.05) is 79.0 Å². The molecule has 4 aromatic rings. The van der Waals surface area contributed by atoms with Crippen LogP contribution in [0.1, 0.15) is 17.5 Å². The van der Waals surface area contributed by atoms with Gasteiger partial charge < -0.3 is 14.6 Å². The Morgan fingerprint density at radius 2 is 1.53 bits per heavy atom. The van der Waals surface area contributed by atoms with E-state index < -0.39 is 6.10 Å². The molecule has 1 N–H and O–H groups in total. The van der Waals surface area contributed by atoms with Gasteiger partial charge in [0.05, 0.1) is 6.10 Å². The Kier molecular flexibility index (Phi) is 7.51. The molecule has 162 valence electrons. The van der Waals surface area contributed by atoms with E-state index in [2.05, 4.69) is 23.2 Å². The lowest BCUT2D eigenvalue weighted by atomic mass is 10.1. The van der Waals surface area contributed by atoms with Crippen molar-refractivity contribution < 1.29 is 14.6 Å². The standard InChI is InChI=1S/C28H27NO3/c30-26(14-11-22-8-5-17-29-19-22)21-32-27-15-12-24(13-16-27)25-9-4-10-28(18-25)31-20-23-6-2-1-3-7-23/h1-10,12-13,15-19,26,30H,11,14,20-21H2. The fourth-order valence-corrected chi connectivity index (χ4v) is 3.40. The average Bonchev–Trinajstić information content (AvgIpc) is 2.87. The second-order valence-electron chi connectivity index (χ2n) is 7.69. The first-order chi connectivity index (χ1) is 15.8. The van der Waals surface area contributed by atoms with Gasteiger partial charge in [0, 0.05) is 12.4 Å². The Balaban J connectivity index is 1.28. The van der Waals surface area contributed by atoms with Crippen molar-refractivity contribution in [2.45, 2.75) is 25.6 Å². The van der Waals surface area contributed by atoms with Crippen molar-refractivity contribution in [3.63, 3.8) is 0 Å². The molecule has 4 heteroatoms. The van der Waals surface area contributed by atoms with E-state index in [0.717, 1.165) is 40.2 Å². The molecule has 4 rings (SSSR count). The summed E-state index contributed by atoms with van der Waals surface area (Å²) in [5.74, 6) is 1.58. The monoisotopic (exact) mass is 425 g/mol. The van der Waals surface area contributed by atoms with Crippen LogP contribution in [0.3, 0.4) is 0 Å². The summed E-state index contributed by atoms with van der Waals surface area (Å²) < 4.78 is 11.7. The number of hydrogen-bond donors (Lipinski definition) is 1. The van der Waals surface area contributed by atoms with Crippen LogP contribution in [0.4, 0.5) is 0 Å². The van der Waals surface area contributed by atoms with E-state index in [9.17, 15) is 5.11 Å². The van der Waals surface area contributed by atoms with Gasteiger partial charge in [-0.05, 0) is 65.4 Å². The molecule has 0 fully saturated rings. The highest BCUT2D eigenvalue weighted by molar-refractivity contribution is 5.65. The summed E-state index contributed by atoms with van der Waals surface area (Å²) in [5.41, 5.74) is 4.42. The van der Waals surface area contributed by atoms with Crippen molar-refractivity contribution in [3.8, 4) is 22.6 Å². The number of nitrogens with zero attached hydrogens (tertiary/aromatic N) is 1. The smallest absolute Gasteiger partial charge is 0.120 e. The zero-order valence-electron chi connectivity index (χ0n) is 17.9. The van der Waals surface area contributed by atoms with E-state index in [1.54, 1.807) is 6.20 Å². The van der Waals surface area contributed by atoms with Crippen LogP contribution in [0.25, 0.3) is 11.1 Å². The van der Waals surface area contributed by atoms with Crippen LogP contribution in [0.2, 0.25) is 0 Å². The van der Waals surface area contributed by atoms with Crippen LogP contribution in [0.5, 0.6) is 11.5 Å². The quantitative estimate of drug-likeness (QED) is 0.354. The molecule has 0 aliphatic carbocycles. The zero-order chi connectivity index (χ0) is 22.0. The number of benzene rings is 3. The highest BCUT2D eigenvalue weighted by atomic mass is 16.5. The van der Waals surface area contributed by atoms with Crippen LogP contribution in [-0.4, -0.2) is 22.8 Å². The van der Waals surface area contributed by atoms with Gasteiger partial charge in [0.15, 0.2) is 0 Å².